The first-order valence-electron chi connectivity index (χ1n) is 7.37. The first-order chi connectivity index (χ1) is 9.74. The molecule has 20 heavy (non-hydrogen) atoms. The van der Waals surface area contributed by atoms with Crippen LogP contribution in [0.1, 0.15) is 25.6 Å². The van der Waals surface area contributed by atoms with Crippen molar-refractivity contribution >= 4 is 21.7 Å². The Bertz CT molecular complexity index is 470. The molecule has 5 nitrogen and oxygen atoms in total. The average molecular weight is 341 g/mol. The maximum Gasteiger partial charge on any atom is 0.131 e. The van der Waals surface area contributed by atoms with Crippen LogP contribution in [0.5, 0.6) is 0 Å². The third-order valence-corrected chi connectivity index (χ3v) is 4.44. The minimum atomic E-state index is 0.253. The molecule has 0 amide bonds. The summed E-state index contributed by atoms with van der Waals surface area (Å²) in [7, 11) is 0. The fraction of sp³-hybridized carbons (Fsp3) is 0.714. The number of ether oxygens (including phenoxy) is 1. The average Bonchev–Trinajstić information content (AvgIpc) is 2.92. The molecule has 0 spiro atoms. The van der Waals surface area contributed by atoms with Crippen molar-refractivity contribution < 1.29 is 4.74 Å². The number of rotatable bonds is 4. The lowest BCUT2D eigenvalue weighted by Gasteiger charge is -2.35. The first kappa shape index (κ1) is 14.2. The quantitative estimate of drug-likeness (QED) is 0.850. The monoisotopic (exact) mass is 340 g/mol. The third-order valence-electron chi connectivity index (χ3n) is 4.03. The number of morpholine rings is 1. The lowest BCUT2D eigenvalue weighted by atomic mass is 10.2. The Balaban J connectivity index is 1.55. The second-order valence-electron chi connectivity index (χ2n) is 5.47. The zero-order valence-electron chi connectivity index (χ0n) is 11.8. The molecule has 3 heterocycles. The fourth-order valence-electron chi connectivity index (χ4n) is 2.94. The van der Waals surface area contributed by atoms with Gasteiger partial charge in [0.15, 0.2) is 0 Å². The van der Waals surface area contributed by atoms with Gasteiger partial charge in [0.25, 0.3) is 0 Å². The second-order valence-corrected chi connectivity index (χ2v) is 6.29. The summed E-state index contributed by atoms with van der Waals surface area (Å²) in [6.07, 6.45) is 3.69. The van der Waals surface area contributed by atoms with Gasteiger partial charge in [-0.25, -0.2) is 9.97 Å². The van der Waals surface area contributed by atoms with Crippen LogP contribution in [-0.4, -0.2) is 53.3 Å². The molecule has 2 aliphatic heterocycles. The number of hydrogen-bond donors (Lipinski definition) is 1. The van der Waals surface area contributed by atoms with Crippen LogP contribution in [0, 0.1) is 0 Å². The summed E-state index contributed by atoms with van der Waals surface area (Å²) in [4.78, 5) is 11.4. The summed E-state index contributed by atoms with van der Waals surface area (Å²) in [5.74, 6) is 1.72. The summed E-state index contributed by atoms with van der Waals surface area (Å²) >= 11 is 3.43. The molecule has 0 aromatic carbocycles. The van der Waals surface area contributed by atoms with E-state index < -0.39 is 0 Å². The molecule has 2 aliphatic rings. The van der Waals surface area contributed by atoms with Gasteiger partial charge in [-0.05, 0) is 35.3 Å². The van der Waals surface area contributed by atoms with Crippen LogP contribution >= 0.6 is 15.9 Å². The van der Waals surface area contributed by atoms with Gasteiger partial charge in [0.1, 0.15) is 16.2 Å². The number of anilines is 1. The highest BCUT2D eigenvalue weighted by Gasteiger charge is 2.31. The van der Waals surface area contributed by atoms with Crippen molar-refractivity contribution in [2.24, 2.45) is 0 Å². The number of aryl methyl sites for hydroxylation is 1. The lowest BCUT2D eigenvalue weighted by molar-refractivity contribution is -0.0416. The summed E-state index contributed by atoms with van der Waals surface area (Å²) < 4.78 is 6.77. The minimum Gasteiger partial charge on any atom is -0.373 e. The van der Waals surface area contributed by atoms with Gasteiger partial charge in [-0.15, -0.1) is 0 Å². The van der Waals surface area contributed by atoms with Crippen molar-refractivity contribution in [1.82, 2.24) is 14.9 Å². The molecule has 0 saturated carbocycles. The van der Waals surface area contributed by atoms with Crippen molar-refractivity contribution in [1.29, 1.82) is 0 Å². The Morgan fingerprint density at radius 1 is 1.50 bits per heavy atom. The van der Waals surface area contributed by atoms with Gasteiger partial charge in [0, 0.05) is 31.6 Å². The smallest absolute Gasteiger partial charge is 0.131 e. The van der Waals surface area contributed by atoms with Gasteiger partial charge >= 0.3 is 0 Å². The third kappa shape index (κ3) is 3.30. The highest BCUT2D eigenvalue weighted by Crippen LogP contribution is 2.22. The Labute approximate surface area is 128 Å². The second kappa shape index (κ2) is 6.37. The van der Waals surface area contributed by atoms with Gasteiger partial charge in [-0.1, -0.05) is 6.92 Å². The lowest BCUT2D eigenvalue weighted by Crippen LogP contribution is -2.48. The molecule has 110 valence electrons. The Hall–Kier alpha value is -0.720. The molecule has 3 rings (SSSR count). The molecule has 1 aromatic rings. The van der Waals surface area contributed by atoms with Crippen LogP contribution in [0.2, 0.25) is 0 Å². The van der Waals surface area contributed by atoms with E-state index in [9.17, 15) is 0 Å². The van der Waals surface area contributed by atoms with E-state index in [-0.39, 0.29) is 6.10 Å². The number of hydrogen-bond acceptors (Lipinski definition) is 5. The molecule has 6 heteroatoms. The van der Waals surface area contributed by atoms with E-state index in [0.29, 0.717) is 6.04 Å². The van der Waals surface area contributed by atoms with Crippen molar-refractivity contribution in [2.75, 3.05) is 31.6 Å². The highest BCUT2D eigenvalue weighted by molar-refractivity contribution is 9.10. The van der Waals surface area contributed by atoms with Gasteiger partial charge < -0.3 is 10.1 Å². The maximum atomic E-state index is 5.94. The van der Waals surface area contributed by atoms with Crippen molar-refractivity contribution in [3.63, 3.8) is 0 Å². The summed E-state index contributed by atoms with van der Waals surface area (Å²) in [5.41, 5.74) is 0. The summed E-state index contributed by atoms with van der Waals surface area (Å²) in [6, 6.07) is 2.58. The summed E-state index contributed by atoms with van der Waals surface area (Å²) in [5, 5.41) is 3.38. The van der Waals surface area contributed by atoms with Gasteiger partial charge in [-0.3, -0.25) is 4.90 Å². The molecule has 2 atom stereocenters. The molecule has 2 fully saturated rings. The predicted octanol–water partition coefficient (Wildman–Crippen LogP) is 2.08. The number of fused-ring (bicyclic) bond motifs is 1. The van der Waals surface area contributed by atoms with Crippen LogP contribution in [0.4, 0.5) is 5.82 Å². The van der Waals surface area contributed by atoms with Crippen LogP contribution in [0.25, 0.3) is 0 Å². The van der Waals surface area contributed by atoms with Gasteiger partial charge in [0.05, 0.1) is 12.7 Å². The van der Waals surface area contributed by atoms with Crippen molar-refractivity contribution in [3.8, 4) is 0 Å². The fourth-order valence-corrected chi connectivity index (χ4v) is 3.36. The normalized spacial score (nSPS) is 26.5. The van der Waals surface area contributed by atoms with E-state index in [2.05, 4.69) is 43.0 Å². The topological polar surface area (TPSA) is 50.3 Å². The Morgan fingerprint density at radius 3 is 3.25 bits per heavy atom. The number of halogens is 1. The van der Waals surface area contributed by atoms with Gasteiger partial charge in [0.2, 0.25) is 0 Å². The maximum absolute atomic E-state index is 5.94. The molecule has 1 aromatic heterocycles. The van der Waals surface area contributed by atoms with Crippen LogP contribution in [-0.2, 0) is 11.2 Å². The van der Waals surface area contributed by atoms with E-state index in [0.717, 1.165) is 42.4 Å². The zero-order valence-corrected chi connectivity index (χ0v) is 13.4. The molecule has 0 radical (unpaired) electrons. The van der Waals surface area contributed by atoms with E-state index in [1.165, 1.54) is 19.4 Å². The Kier molecular flexibility index (Phi) is 4.53. The molecule has 0 bridgehead atoms. The van der Waals surface area contributed by atoms with Crippen molar-refractivity contribution in [3.05, 3.63) is 16.5 Å². The van der Waals surface area contributed by atoms with Crippen molar-refractivity contribution in [2.45, 2.75) is 38.3 Å². The van der Waals surface area contributed by atoms with E-state index in [4.69, 9.17) is 4.74 Å². The molecule has 1 N–H and O–H groups in total. The van der Waals surface area contributed by atoms with Crippen LogP contribution < -0.4 is 5.32 Å². The van der Waals surface area contributed by atoms with Crippen LogP contribution in [0.15, 0.2) is 10.7 Å². The number of aromatic nitrogens is 2. The van der Waals surface area contributed by atoms with E-state index in [1.54, 1.807) is 0 Å². The predicted molar refractivity (Wildman–Crippen MR) is 81.9 cm³/mol. The first-order valence-corrected chi connectivity index (χ1v) is 8.17. The SMILES string of the molecule is CCc1nc(Br)cc(NCC2CN3CCCC3CO2)n1. The standard InChI is InChI=1S/C14H21BrN4O/c1-2-13-17-12(15)6-14(18-13)16-7-11-8-19-5-3-4-10(19)9-20-11/h6,10-11H,2-5,7-9H2,1H3,(H,16,17,18). The molecular weight excluding hydrogens is 320 g/mol. The Morgan fingerprint density at radius 2 is 2.40 bits per heavy atom. The zero-order chi connectivity index (χ0) is 13.9. The number of nitrogens with zero attached hydrogens (tertiary/aromatic N) is 3. The number of nitrogens with one attached hydrogen (secondary N) is 1. The van der Waals surface area contributed by atoms with E-state index >= 15 is 0 Å². The van der Waals surface area contributed by atoms with Gasteiger partial charge in [-0.2, -0.15) is 0 Å². The molecular formula is C14H21BrN4O. The van der Waals surface area contributed by atoms with E-state index in [1.807, 2.05) is 6.07 Å². The summed E-state index contributed by atoms with van der Waals surface area (Å²) in [6.45, 7) is 5.99. The highest BCUT2D eigenvalue weighted by atomic mass is 79.9. The molecule has 0 aliphatic carbocycles. The minimum absolute atomic E-state index is 0.253. The van der Waals surface area contributed by atoms with Crippen LogP contribution in [0.3, 0.4) is 0 Å². The molecule has 2 unspecified atom stereocenters. The molecule has 2 saturated heterocycles. The largest absolute Gasteiger partial charge is 0.373 e.